The second-order valence-corrected chi connectivity index (χ2v) is 7.64. The highest BCUT2D eigenvalue weighted by Gasteiger charge is 2.43. The van der Waals surface area contributed by atoms with Crippen molar-refractivity contribution in [2.45, 2.75) is 38.1 Å². The molecule has 1 N–H and O–H groups in total. The van der Waals surface area contributed by atoms with Gasteiger partial charge in [0.2, 0.25) is 0 Å². The molecule has 24 heavy (non-hydrogen) atoms. The van der Waals surface area contributed by atoms with E-state index in [9.17, 15) is 9.18 Å². The van der Waals surface area contributed by atoms with E-state index < -0.39 is 0 Å². The lowest BCUT2D eigenvalue weighted by molar-refractivity contribution is 0.150. The minimum Gasteiger partial charge on any atom is -0.381 e. The Morgan fingerprint density at radius 1 is 1.29 bits per heavy atom. The molecule has 1 aliphatic carbocycles. The predicted molar refractivity (Wildman–Crippen MR) is 89.1 cm³/mol. The van der Waals surface area contributed by atoms with Crippen LogP contribution in [0.1, 0.15) is 43.7 Å². The molecule has 1 aromatic carbocycles. The van der Waals surface area contributed by atoms with Crippen LogP contribution in [0.15, 0.2) is 24.3 Å². The number of nitrogens with one attached hydrogen (secondary N) is 1. The van der Waals surface area contributed by atoms with E-state index >= 15 is 0 Å². The molecule has 130 valence electrons. The van der Waals surface area contributed by atoms with E-state index in [1.165, 1.54) is 18.6 Å². The lowest BCUT2D eigenvalue weighted by Gasteiger charge is -2.35. The van der Waals surface area contributed by atoms with Gasteiger partial charge in [-0.15, -0.1) is 0 Å². The Morgan fingerprint density at radius 2 is 2.08 bits per heavy atom. The molecule has 0 aromatic heterocycles. The Morgan fingerprint density at radius 3 is 2.71 bits per heavy atom. The Kier molecular flexibility index (Phi) is 4.21. The molecule has 3 aliphatic rings. The van der Waals surface area contributed by atoms with E-state index in [0.29, 0.717) is 5.92 Å². The molecule has 3 fully saturated rings. The van der Waals surface area contributed by atoms with Crippen molar-refractivity contribution in [1.29, 1.82) is 0 Å². The summed E-state index contributed by atoms with van der Waals surface area (Å²) in [7, 11) is 0. The molecule has 0 radical (unpaired) electrons. The molecule has 0 bridgehead atoms. The van der Waals surface area contributed by atoms with Crippen LogP contribution in [0.4, 0.5) is 9.18 Å². The van der Waals surface area contributed by atoms with Crippen LogP contribution in [-0.4, -0.2) is 37.2 Å². The van der Waals surface area contributed by atoms with E-state index in [1.54, 1.807) is 12.1 Å². The van der Waals surface area contributed by atoms with Crippen LogP contribution in [0, 0.1) is 17.2 Å². The largest absolute Gasteiger partial charge is 0.381 e. The molecule has 2 heterocycles. The summed E-state index contributed by atoms with van der Waals surface area (Å²) in [6, 6.07) is 6.56. The van der Waals surface area contributed by atoms with Crippen LogP contribution in [0.25, 0.3) is 0 Å². The van der Waals surface area contributed by atoms with Crippen molar-refractivity contribution in [2.75, 3.05) is 26.3 Å². The zero-order valence-electron chi connectivity index (χ0n) is 14.0. The molecular weight excluding hydrogens is 307 g/mol. The molecular formula is C19H25FN2O2. The monoisotopic (exact) mass is 332 g/mol. The molecule has 2 amide bonds. The average Bonchev–Trinajstić information content (AvgIpc) is 3.16. The first kappa shape index (κ1) is 15.9. The second-order valence-electron chi connectivity index (χ2n) is 7.64. The van der Waals surface area contributed by atoms with Gasteiger partial charge in [-0.3, -0.25) is 0 Å². The zero-order valence-corrected chi connectivity index (χ0v) is 14.0. The molecule has 1 aromatic rings. The fourth-order valence-corrected chi connectivity index (χ4v) is 4.22. The number of rotatable bonds is 3. The third-order valence-corrected chi connectivity index (χ3v) is 6.04. The quantitative estimate of drug-likeness (QED) is 0.920. The maximum atomic E-state index is 13.2. The topological polar surface area (TPSA) is 41.6 Å². The summed E-state index contributed by atoms with van der Waals surface area (Å²) in [5.74, 6) is 0.228. The van der Waals surface area contributed by atoms with E-state index in [1.807, 2.05) is 4.90 Å². The number of ether oxygens (including phenoxy) is 1. The van der Waals surface area contributed by atoms with Crippen LogP contribution in [-0.2, 0) is 4.74 Å². The van der Waals surface area contributed by atoms with Crippen LogP contribution in [0.3, 0.4) is 0 Å². The lowest BCUT2D eigenvalue weighted by atomic mass is 9.77. The Labute approximate surface area is 142 Å². The summed E-state index contributed by atoms with van der Waals surface area (Å²) >= 11 is 0. The maximum Gasteiger partial charge on any atom is 0.317 e. The first-order valence-corrected chi connectivity index (χ1v) is 9.04. The summed E-state index contributed by atoms with van der Waals surface area (Å²) < 4.78 is 18.8. The standard InChI is InChI=1S/C19H25FN2O2/c20-16-6-4-15(5-7-16)17(14-2-1-3-14)21-18(23)22-10-8-19(12-22)9-11-24-13-19/h4-7,14,17H,1-3,8-13H2,(H,21,23). The minimum absolute atomic E-state index is 0.0109. The molecule has 2 saturated heterocycles. The van der Waals surface area contributed by atoms with Gasteiger partial charge < -0.3 is 15.0 Å². The third kappa shape index (κ3) is 3.02. The van der Waals surface area contributed by atoms with Crippen LogP contribution in [0.5, 0.6) is 0 Å². The Hall–Kier alpha value is -1.62. The smallest absolute Gasteiger partial charge is 0.317 e. The number of carbonyl (C=O) groups is 1. The lowest BCUT2D eigenvalue weighted by Crippen LogP contribution is -2.44. The predicted octanol–water partition coefficient (Wildman–Crippen LogP) is 3.49. The Balaban J connectivity index is 1.44. The SMILES string of the molecule is O=C(NC(c1ccc(F)cc1)C1CCC1)N1CCC2(CCOC2)C1. The van der Waals surface area contributed by atoms with Crippen molar-refractivity contribution in [1.82, 2.24) is 10.2 Å². The minimum atomic E-state index is -0.236. The fraction of sp³-hybridized carbons (Fsp3) is 0.632. The second kappa shape index (κ2) is 6.36. The van der Waals surface area contributed by atoms with Crippen LogP contribution in [0.2, 0.25) is 0 Å². The molecule has 2 atom stereocenters. The summed E-state index contributed by atoms with van der Waals surface area (Å²) in [6.07, 6.45) is 5.55. The van der Waals surface area contributed by atoms with Gasteiger partial charge in [-0.2, -0.15) is 0 Å². The van der Waals surface area contributed by atoms with Gasteiger partial charge in [-0.05, 0) is 49.3 Å². The van der Waals surface area contributed by atoms with Crippen molar-refractivity contribution in [3.05, 3.63) is 35.6 Å². The number of hydrogen-bond acceptors (Lipinski definition) is 2. The van der Waals surface area contributed by atoms with Crippen molar-refractivity contribution in [2.24, 2.45) is 11.3 Å². The summed E-state index contributed by atoms with van der Waals surface area (Å²) in [6.45, 7) is 3.19. The van der Waals surface area contributed by atoms with Crippen LogP contribution >= 0.6 is 0 Å². The number of urea groups is 1. The highest BCUT2D eigenvalue weighted by molar-refractivity contribution is 5.75. The van der Waals surface area contributed by atoms with Crippen molar-refractivity contribution in [3.8, 4) is 0 Å². The molecule has 1 saturated carbocycles. The molecule has 2 aliphatic heterocycles. The number of likely N-dealkylation sites (tertiary alicyclic amines) is 1. The number of amides is 2. The first-order chi connectivity index (χ1) is 11.7. The zero-order chi connectivity index (χ0) is 16.6. The van der Waals surface area contributed by atoms with Crippen molar-refractivity contribution in [3.63, 3.8) is 0 Å². The molecule has 1 spiro atoms. The highest BCUT2D eigenvalue weighted by Crippen LogP contribution is 2.40. The van der Waals surface area contributed by atoms with Crippen molar-refractivity contribution < 1.29 is 13.9 Å². The normalized spacial score (nSPS) is 28.1. The highest BCUT2D eigenvalue weighted by atomic mass is 19.1. The van der Waals surface area contributed by atoms with Gasteiger partial charge in [-0.1, -0.05) is 18.6 Å². The van der Waals surface area contributed by atoms with Gasteiger partial charge in [0, 0.05) is 25.1 Å². The molecule has 2 unspecified atom stereocenters. The fourth-order valence-electron chi connectivity index (χ4n) is 4.22. The third-order valence-electron chi connectivity index (χ3n) is 6.04. The summed E-state index contributed by atoms with van der Waals surface area (Å²) in [5, 5.41) is 3.23. The van der Waals surface area contributed by atoms with Crippen LogP contribution < -0.4 is 5.32 Å². The van der Waals surface area contributed by atoms with Gasteiger partial charge in [-0.25, -0.2) is 9.18 Å². The average molecular weight is 332 g/mol. The van der Waals surface area contributed by atoms with Gasteiger partial charge in [0.1, 0.15) is 5.82 Å². The molecule has 4 nitrogen and oxygen atoms in total. The first-order valence-electron chi connectivity index (χ1n) is 9.04. The number of benzene rings is 1. The number of hydrogen-bond donors (Lipinski definition) is 1. The summed E-state index contributed by atoms with van der Waals surface area (Å²) in [5.41, 5.74) is 1.19. The van der Waals surface area contributed by atoms with E-state index in [-0.39, 0.29) is 23.3 Å². The number of nitrogens with zero attached hydrogens (tertiary/aromatic N) is 1. The van der Waals surface area contributed by atoms with Gasteiger partial charge in [0.05, 0.1) is 12.6 Å². The Bertz CT molecular complexity index is 594. The number of halogens is 1. The van der Waals surface area contributed by atoms with Crippen molar-refractivity contribution >= 4 is 6.03 Å². The van der Waals surface area contributed by atoms with Gasteiger partial charge in [0.25, 0.3) is 0 Å². The number of carbonyl (C=O) groups excluding carboxylic acids is 1. The maximum absolute atomic E-state index is 13.2. The van der Waals surface area contributed by atoms with E-state index in [2.05, 4.69) is 5.32 Å². The van der Waals surface area contributed by atoms with E-state index in [4.69, 9.17) is 4.74 Å². The molecule has 5 heteroatoms. The van der Waals surface area contributed by atoms with Gasteiger partial charge >= 0.3 is 6.03 Å². The molecule has 4 rings (SSSR count). The van der Waals surface area contributed by atoms with Gasteiger partial charge in [0.15, 0.2) is 0 Å². The van der Waals surface area contributed by atoms with E-state index in [0.717, 1.165) is 57.6 Å². The summed E-state index contributed by atoms with van der Waals surface area (Å²) in [4.78, 5) is 14.7.